The van der Waals surface area contributed by atoms with E-state index in [2.05, 4.69) is 4.98 Å². The predicted molar refractivity (Wildman–Crippen MR) is 162 cm³/mol. The van der Waals surface area contributed by atoms with Crippen LogP contribution in [-0.4, -0.2) is 22.4 Å². The Morgan fingerprint density at radius 3 is 2.41 bits per heavy atom. The zero-order chi connectivity index (χ0) is 26.6. The Morgan fingerprint density at radius 1 is 0.897 bits per heavy atom. The number of para-hydroxylation sites is 1. The number of hydrogen-bond donors (Lipinski definition) is 0. The maximum Gasteiger partial charge on any atom is 0.282 e. The van der Waals surface area contributed by atoms with Crippen molar-refractivity contribution in [3.63, 3.8) is 0 Å². The summed E-state index contributed by atoms with van der Waals surface area (Å²) in [4.78, 5) is 19.3. The van der Waals surface area contributed by atoms with E-state index in [0.717, 1.165) is 32.0 Å². The number of ether oxygens (including phenoxy) is 1. The molecule has 1 aliphatic rings. The number of benzene rings is 4. The molecule has 0 N–H and O–H groups in total. The quantitative estimate of drug-likeness (QED) is 0.140. The Kier molecular flexibility index (Phi) is 7.45. The molecule has 6 rings (SSSR count). The summed E-state index contributed by atoms with van der Waals surface area (Å²) in [5.74, 6) is 1.10. The summed E-state index contributed by atoms with van der Waals surface area (Å²) in [6.45, 7) is 0.496. The SMILES string of the molecule is O=C1C(=Cc2ccc(OCc3ccccc3)cc2)C(CSc2ccc(Cl)cc2)=NN1c1nc2ccccc2s1. The maximum absolute atomic E-state index is 13.6. The van der Waals surface area contributed by atoms with Crippen molar-refractivity contribution in [2.75, 3.05) is 10.8 Å². The molecule has 0 atom stereocenters. The van der Waals surface area contributed by atoms with Crippen LogP contribution < -0.4 is 9.75 Å². The largest absolute Gasteiger partial charge is 0.489 e. The van der Waals surface area contributed by atoms with Crippen LogP contribution in [0.1, 0.15) is 11.1 Å². The summed E-state index contributed by atoms with van der Waals surface area (Å²) in [7, 11) is 0. The number of halogens is 1. The lowest BCUT2D eigenvalue weighted by Crippen LogP contribution is -2.21. The first-order chi connectivity index (χ1) is 19.1. The first kappa shape index (κ1) is 25.4. The second-order valence-electron chi connectivity index (χ2n) is 8.77. The maximum atomic E-state index is 13.6. The molecule has 39 heavy (non-hydrogen) atoms. The summed E-state index contributed by atoms with van der Waals surface area (Å²) in [6.07, 6.45) is 1.89. The number of aromatic nitrogens is 1. The van der Waals surface area contributed by atoms with Gasteiger partial charge in [-0.3, -0.25) is 4.79 Å². The summed E-state index contributed by atoms with van der Waals surface area (Å²) in [6, 6.07) is 33.3. The third-order valence-electron chi connectivity index (χ3n) is 6.05. The number of carbonyl (C=O) groups excluding carboxylic acids is 1. The lowest BCUT2D eigenvalue weighted by atomic mass is 10.1. The molecule has 2 heterocycles. The number of carbonyl (C=O) groups is 1. The van der Waals surface area contributed by atoms with Crippen molar-refractivity contribution in [1.82, 2.24) is 4.98 Å². The number of hydrazone groups is 1. The Bertz CT molecular complexity index is 1650. The average molecular weight is 568 g/mol. The lowest BCUT2D eigenvalue weighted by Gasteiger charge is -2.08. The highest BCUT2D eigenvalue weighted by Gasteiger charge is 2.33. The molecule has 1 amide bonds. The van der Waals surface area contributed by atoms with Crippen molar-refractivity contribution < 1.29 is 9.53 Å². The first-order valence-electron chi connectivity index (χ1n) is 12.3. The smallest absolute Gasteiger partial charge is 0.282 e. The Morgan fingerprint density at radius 2 is 1.64 bits per heavy atom. The molecule has 1 aromatic heterocycles. The van der Waals surface area contributed by atoms with Crippen LogP contribution in [0, 0.1) is 0 Å². The first-order valence-corrected chi connectivity index (χ1v) is 14.5. The number of nitrogens with zero attached hydrogens (tertiary/aromatic N) is 3. The monoisotopic (exact) mass is 567 g/mol. The van der Waals surface area contributed by atoms with E-state index in [0.29, 0.717) is 33.8 Å². The van der Waals surface area contributed by atoms with E-state index in [1.807, 2.05) is 109 Å². The second-order valence-corrected chi connectivity index (χ2v) is 11.3. The number of thioether (sulfide) groups is 1. The van der Waals surface area contributed by atoms with Gasteiger partial charge in [0.15, 0.2) is 0 Å². The Labute approximate surface area is 239 Å². The molecule has 0 bridgehead atoms. The molecule has 4 aromatic carbocycles. The van der Waals surface area contributed by atoms with E-state index >= 15 is 0 Å². The molecule has 0 unspecified atom stereocenters. The summed E-state index contributed by atoms with van der Waals surface area (Å²) >= 11 is 9.10. The molecule has 0 aliphatic carbocycles. The molecule has 0 fully saturated rings. The number of rotatable bonds is 8. The number of thiazole rings is 1. The van der Waals surface area contributed by atoms with Gasteiger partial charge >= 0.3 is 0 Å². The molecule has 0 saturated carbocycles. The van der Waals surface area contributed by atoms with Crippen molar-refractivity contribution in [1.29, 1.82) is 0 Å². The van der Waals surface area contributed by atoms with Crippen molar-refractivity contribution in [3.05, 3.63) is 125 Å². The molecule has 192 valence electrons. The number of amides is 1. The molecule has 0 spiro atoms. The highest BCUT2D eigenvalue weighted by molar-refractivity contribution is 8.00. The third-order valence-corrected chi connectivity index (χ3v) is 8.33. The molecule has 5 aromatic rings. The highest BCUT2D eigenvalue weighted by Crippen LogP contribution is 2.34. The molecule has 5 nitrogen and oxygen atoms in total. The van der Waals surface area contributed by atoms with Crippen molar-refractivity contribution in [2.24, 2.45) is 5.10 Å². The van der Waals surface area contributed by atoms with Gasteiger partial charge in [-0.05, 0) is 65.7 Å². The topological polar surface area (TPSA) is 54.8 Å². The highest BCUT2D eigenvalue weighted by atomic mass is 35.5. The Hall–Kier alpha value is -3.91. The zero-order valence-corrected chi connectivity index (χ0v) is 23.0. The van der Waals surface area contributed by atoms with Crippen LogP contribution in [0.3, 0.4) is 0 Å². The van der Waals surface area contributed by atoms with Gasteiger partial charge in [-0.1, -0.05) is 77.5 Å². The van der Waals surface area contributed by atoms with Gasteiger partial charge in [0, 0.05) is 15.7 Å². The van der Waals surface area contributed by atoms with Gasteiger partial charge in [-0.25, -0.2) is 4.98 Å². The van der Waals surface area contributed by atoms with Crippen LogP contribution in [0.25, 0.3) is 16.3 Å². The summed E-state index contributed by atoms with van der Waals surface area (Å²) in [5, 5.41) is 7.40. The van der Waals surface area contributed by atoms with Crippen molar-refractivity contribution in [2.45, 2.75) is 11.5 Å². The van der Waals surface area contributed by atoms with Gasteiger partial charge in [-0.2, -0.15) is 10.1 Å². The van der Waals surface area contributed by atoms with Gasteiger partial charge in [-0.15, -0.1) is 11.8 Å². The molecule has 0 radical (unpaired) electrons. The van der Waals surface area contributed by atoms with Gasteiger partial charge in [0.25, 0.3) is 5.91 Å². The van der Waals surface area contributed by atoms with E-state index < -0.39 is 0 Å². The molecule has 8 heteroatoms. The van der Waals surface area contributed by atoms with Gasteiger partial charge in [0.05, 0.1) is 21.5 Å². The van der Waals surface area contributed by atoms with Crippen LogP contribution in [0.2, 0.25) is 5.02 Å². The van der Waals surface area contributed by atoms with Crippen LogP contribution in [-0.2, 0) is 11.4 Å². The Balaban J connectivity index is 1.25. The van der Waals surface area contributed by atoms with Crippen molar-refractivity contribution >= 4 is 67.7 Å². The predicted octanol–water partition coefficient (Wildman–Crippen LogP) is 8.11. The fraction of sp³-hybridized carbons (Fsp3) is 0.0645. The fourth-order valence-electron chi connectivity index (χ4n) is 4.04. The summed E-state index contributed by atoms with van der Waals surface area (Å²) < 4.78 is 6.93. The minimum atomic E-state index is -0.190. The minimum absolute atomic E-state index is 0.190. The lowest BCUT2D eigenvalue weighted by molar-refractivity contribution is -0.114. The van der Waals surface area contributed by atoms with E-state index in [1.165, 1.54) is 16.3 Å². The number of hydrogen-bond acceptors (Lipinski definition) is 6. The normalized spacial score (nSPS) is 14.3. The van der Waals surface area contributed by atoms with E-state index in [1.54, 1.807) is 11.8 Å². The molecular formula is C31H22ClN3O2S2. The van der Waals surface area contributed by atoms with E-state index in [-0.39, 0.29) is 5.91 Å². The third kappa shape index (κ3) is 5.91. The standard InChI is InChI=1S/C31H22ClN3O2S2/c32-23-12-16-25(17-13-23)38-20-28-26(30(36)35(34-28)31-33-27-8-4-5-9-29(27)39-31)18-21-10-14-24(15-11-21)37-19-22-6-2-1-3-7-22/h1-18H,19-20H2. The van der Waals surface area contributed by atoms with E-state index in [9.17, 15) is 4.79 Å². The van der Waals surface area contributed by atoms with Crippen LogP contribution in [0.5, 0.6) is 5.75 Å². The van der Waals surface area contributed by atoms with Gasteiger partial charge in [0.1, 0.15) is 12.4 Å². The van der Waals surface area contributed by atoms with Crippen LogP contribution in [0.15, 0.2) is 119 Å². The van der Waals surface area contributed by atoms with Crippen molar-refractivity contribution in [3.8, 4) is 5.75 Å². The zero-order valence-electron chi connectivity index (χ0n) is 20.7. The molecule has 0 saturated heterocycles. The average Bonchev–Trinajstić information content (AvgIpc) is 3.54. The fourth-order valence-corrected chi connectivity index (χ4v) is 5.93. The van der Waals surface area contributed by atoms with Gasteiger partial charge in [0.2, 0.25) is 5.13 Å². The number of anilines is 1. The summed E-state index contributed by atoms with van der Waals surface area (Å²) in [5.41, 5.74) is 4.09. The van der Waals surface area contributed by atoms with Crippen LogP contribution in [0.4, 0.5) is 5.13 Å². The minimum Gasteiger partial charge on any atom is -0.489 e. The number of fused-ring (bicyclic) bond motifs is 1. The second kappa shape index (κ2) is 11.5. The van der Waals surface area contributed by atoms with Crippen LogP contribution >= 0.6 is 34.7 Å². The van der Waals surface area contributed by atoms with E-state index in [4.69, 9.17) is 21.4 Å². The molecular weight excluding hydrogens is 546 g/mol. The van der Waals surface area contributed by atoms with Gasteiger partial charge < -0.3 is 4.74 Å². The molecule has 1 aliphatic heterocycles.